The fourth-order valence-corrected chi connectivity index (χ4v) is 12.8. The molecule has 0 unspecified atom stereocenters. The average Bonchev–Trinajstić information content (AvgIpc) is 3.54. The summed E-state index contributed by atoms with van der Waals surface area (Å²) in [6, 6.07) is 0. The highest BCUT2D eigenvalue weighted by molar-refractivity contribution is 5.76. The molecule has 11 rings (SSSR count). The second-order valence-electron chi connectivity index (χ2n) is 15.1. The fourth-order valence-electron chi connectivity index (χ4n) is 12.8. The molecule has 0 aliphatic heterocycles. The number of hydrogen-bond acceptors (Lipinski definition) is 0. The van der Waals surface area contributed by atoms with E-state index in [1.165, 1.54) is 0 Å². The highest BCUT2D eigenvalue weighted by Crippen LogP contribution is 3.09. The van der Waals surface area contributed by atoms with Crippen molar-refractivity contribution in [2.45, 2.75) is 103 Å². The Kier molecular flexibility index (Phi) is 2.47. The monoisotopic (exact) mass is 424 g/mol. The standard InChI is InChI=1S/C32H40/c1-2-17(1)25-26(18-3-4-18)30(22-11-12-22)29(25,21-9-10-21)31(23-13-14-23)27(19-5-6-19)28(20-7-8-20)32(30,31)24-15-16-24/h17-24H,1-16H2. The Labute approximate surface area is 194 Å². The Morgan fingerprint density at radius 1 is 0.281 bits per heavy atom. The van der Waals surface area contributed by atoms with Crippen molar-refractivity contribution in [1.82, 2.24) is 0 Å². The molecule has 32 heavy (non-hydrogen) atoms. The first kappa shape index (κ1) is 17.0. The summed E-state index contributed by atoms with van der Waals surface area (Å²) in [5.41, 5.74) is 12.0. The fraction of sp³-hybridized carbons (Fsp3) is 0.875. The minimum absolute atomic E-state index is 0.736. The first-order valence-electron chi connectivity index (χ1n) is 15.3. The van der Waals surface area contributed by atoms with Gasteiger partial charge in [0.1, 0.15) is 0 Å². The van der Waals surface area contributed by atoms with Gasteiger partial charge in [0.05, 0.1) is 0 Å². The second kappa shape index (κ2) is 4.65. The number of rotatable bonds is 8. The molecule has 0 amide bonds. The van der Waals surface area contributed by atoms with Crippen LogP contribution >= 0.6 is 0 Å². The average molecular weight is 425 g/mol. The van der Waals surface area contributed by atoms with E-state index < -0.39 is 0 Å². The molecule has 9 fully saturated rings. The van der Waals surface area contributed by atoms with Crippen LogP contribution in [-0.4, -0.2) is 0 Å². The van der Waals surface area contributed by atoms with Crippen molar-refractivity contribution in [2.75, 3.05) is 0 Å². The van der Waals surface area contributed by atoms with Gasteiger partial charge in [0, 0.05) is 21.7 Å². The third-order valence-electron chi connectivity index (χ3n) is 13.5. The molecule has 0 aromatic carbocycles. The lowest BCUT2D eigenvalue weighted by atomic mass is 9.06. The van der Waals surface area contributed by atoms with Crippen LogP contribution in [0.1, 0.15) is 103 Å². The zero-order valence-corrected chi connectivity index (χ0v) is 19.9. The van der Waals surface area contributed by atoms with E-state index in [2.05, 4.69) is 22.3 Å². The zero-order valence-electron chi connectivity index (χ0n) is 19.9. The largest absolute Gasteiger partial charge is 0.0587 e. The lowest BCUT2D eigenvalue weighted by Gasteiger charge is -2.96. The van der Waals surface area contributed by atoms with Crippen molar-refractivity contribution in [3.63, 3.8) is 0 Å². The molecule has 11 aliphatic rings. The summed E-state index contributed by atoms with van der Waals surface area (Å²) in [6.45, 7) is 0. The zero-order chi connectivity index (χ0) is 20.2. The Morgan fingerprint density at radius 3 is 0.594 bits per heavy atom. The van der Waals surface area contributed by atoms with Crippen molar-refractivity contribution < 1.29 is 0 Å². The van der Waals surface area contributed by atoms with Gasteiger partial charge in [0.25, 0.3) is 0 Å². The van der Waals surface area contributed by atoms with Crippen LogP contribution in [0.5, 0.6) is 0 Å². The topological polar surface area (TPSA) is 0 Å². The van der Waals surface area contributed by atoms with Gasteiger partial charge < -0.3 is 0 Å². The second-order valence-corrected chi connectivity index (χ2v) is 15.1. The molecule has 0 radical (unpaired) electrons. The molecule has 0 saturated heterocycles. The summed E-state index contributed by atoms with van der Waals surface area (Å²) in [7, 11) is 0. The van der Waals surface area contributed by atoms with Crippen LogP contribution in [0.3, 0.4) is 0 Å². The van der Waals surface area contributed by atoms with Gasteiger partial charge in [0.2, 0.25) is 0 Å². The molecular formula is C32H40. The van der Waals surface area contributed by atoms with Gasteiger partial charge in [-0.05, 0) is 150 Å². The van der Waals surface area contributed by atoms with E-state index in [0.29, 0.717) is 0 Å². The molecule has 0 N–H and O–H groups in total. The summed E-state index contributed by atoms with van der Waals surface area (Å²) in [5, 5.41) is 0. The van der Waals surface area contributed by atoms with E-state index in [1.54, 1.807) is 103 Å². The first-order chi connectivity index (χ1) is 15.8. The lowest BCUT2D eigenvalue weighted by Crippen LogP contribution is -2.92. The molecule has 0 nitrogen and oxygen atoms in total. The Morgan fingerprint density at radius 2 is 0.469 bits per heavy atom. The highest BCUT2D eigenvalue weighted by atomic mass is 15.1. The minimum atomic E-state index is 0.736. The molecule has 0 aromatic heterocycles. The molecule has 11 aliphatic carbocycles. The van der Waals surface area contributed by atoms with E-state index in [4.69, 9.17) is 0 Å². The molecule has 9 saturated carbocycles. The van der Waals surface area contributed by atoms with Crippen molar-refractivity contribution in [1.29, 1.82) is 0 Å². The summed E-state index contributed by atoms with van der Waals surface area (Å²) in [6.07, 6.45) is 25.6. The number of fused-ring (bicyclic) bond motifs is 4. The Balaban J connectivity index is 1.30. The van der Waals surface area contributed by atoms with Crippen molar-refractivity contribution in [3.8, 4) is 0 Å². The van der Waals surface area contributed by atoms with Crippen LogP contribution in [0.15, 0.2) is 22.3 Å². The molecule has 168 valence electrons. The summed E-state index contributed by atoms with van der Waals surface area (Å²) >= 11 is 0. The molecule has 0 heteroatoms. The SMILES string of the molecule is C1CC1C1=C(C2CC2)C2(C3CC3)C1(C1CC1)C1(C3CC3)C(C3CC3)=C(C3CC3)C21C1CC1. The maximum atomic E-state index is 2.26. The van der Waals surface area contributed by atoms with E-state index >= 15 is 0 Å². The van der Waals surface area contributed by atoms with Crippen LogP contribution in [-0.2, 0) is 0 Å². The summed E-state index contributed by atoms with van der Waals surface area (Å²) in [4.78, 5) is 0. The highest BCUT2D eigenvalue weighted by Gasteiger charge is 3.04. The first-order valence-corrected chi connectivity index (χ1v) is 15.3. The van der Waals surface area contributed by atoms with Gasteiger partial charge in [-0.25, -0.2) is 0 Å². The van der Waals surface area contributed by atoms with Gasteiger partial charge in [-0.2, -0.15) is 0 Å². The van der Waals surface area contributed by atoms with Gasteiger partial charge in [-0.15, -0.1) is 0 Å². The van der Waals surface area contributed by atoms with Crippen LogP contribution in [0.2, 0.25) is 0 Å². The van der Waals surface area contributed by atoms with Crippen molar-refractivity contribution in [2.24, 2.45) is 69.0 Å². The third kappa shape index (κ3) is 1.38. The summed E-state index contributed by atoms with van der Waals surface area (Å²) < 4.78 is 0. The van der Waals surface area contributed by atoms with Crippen LogP contribution in [0.25, 0.3) is 0 Å². The van der Waals surface area contributed by atoms with Gasteiger partial charge >= 0.3 is 0 Å². The van der Waals surface area contributed by atoms with E-state index in [0.717, 1.165) is 69.0 Å². The molecule has 0 atom stereocenters. The maximum absolute atomic E-state index is 2.26. The van der Waals surface area contributed by atoms with Gasteiger partial charge in [0.15, 0.2) is 0 Å². The summed E-state index contributed by atoms with van der Waals surface area (Å²) in [5.74, 6) is 8.78. The molecular weight excluding hydrogens is 384 g/mol. The molecule has 0 aromatic rings. The predicted octanol–water partition coefficient (Wildman–Crippen LogP) is 7.85. The Bertz CT molecular complexity index is 871. The third-order valence-corrected chi connectivity index (χ3v) is 13.5. The van der Waals surface area contributed by atoms with Crippen LogP contribution < -0.4 is 0 Å². The smallest absolute Gasteiger partial charge is 0.0156 e. The number of hydrogen-bond donors (Lipinski definition) is 0. The predicted molar refractivity (Wildman–Crippen MR) is 126 cm³/mol. The van der Waals surface area contributed by atoms with Crippen LogP contribution in [0.4, 0.5) is 0 Å². The van der Waals surface area contributed by atoms with Crippen molar-refractivity contribution in [3.05, 3.63) is 22.3 Å². The molecule has 0 bridgehead atoms. The lowest BCUT2D eigenvalue weighted by molar-refractivity contribution is -0.368. The van der Waals surface area contributed by atoms with Gasteiger partial charge in [-0.3, -0.25) is 0 Å². The van der Waals surface area contributed by atoms with Crippen LogP contribution in [0, 0.1) is 69.0 Å². The van der Waals surface area contributed by atoms with E-state index in [-0.39, 0.29) is 0 Å². The van der Waals surface area contributed by atoms with E-state index in [9.17, 15) is 0 Å². The quantitative estimate of drug-likeness (QED) is 0.348. The van der Waals surface area contributed by atoms with Gasteiger partial charge in [-0.1, -0.05) is 22.3 Å². The minimum Gasteiger partial charge on any atom is -0.0587 e. The Hall–Kier alpha value is -0.520. The normalized spacial score (nSPS) is 54.0. The molecule has 0 spiro atoms. The molecule has 0 heterocycles. The van der Waals surface area contributed by atoms with E-state index in [1.807, 2.05) is 0 Å². The van der Waals surface area contributed by atoms with Crippen molar-refractivity contribution >= 4 is 0 Å². The maximum Gasteiger partial charge on any atom is 0.0156 e. The number of allylic oxidation sites excluding steroid dienone is 4.